The molecular formula is C24H17F5N4O. The van der Waals surface area contributed by atoms with Gasteiger partial charge in [0, 0.05) is 29.2 Å². The molecule has 2 aliphatic carbocycles. The molecule has 6 rings (SSSR count). The topological polar surface area (TPSA) is 63.6 Å². The van der Waals surface area contributed by atoms with Gasteiger partial charge in [-0.1, -0.05) is 6.07 Å². The lowest BCUT2D eigenvalue weighted by atomic mass is 9.56. The molecule has 2 fully saturated rings. The first kappa shape index (κ1) is 21.0. The van der Waals surface area contributed by atoms with Crippen LogP contribution in [0, 0.1) is 23.5 Å². The Morgan fingerprint density at radius 3 is 2.38 bits per heavy atom. The maximum atomic E-state index is 15.4. The Balaban J connectivity index is 1.41. The number of nitrogens with one attached hydrogen (secondary N) is 1. The third-order valence-corrected chi connectivity index (χ3v) is 6.87. The number of benzene rings is 2. The van der Waals surface area contributed by atoms with E-state index in [0.29, 0.717) is 17.3 Å². The number of H-pyrrole nitrogens is 1. The molecule has 0 saturated heterocycles. The van der Waals surface area contributed by atoms with Crippen molar-refractivity contribution in [2.45, 2.75) is 31.0 Å². The predicted molar refractivity (Wildman–Crippen MR) is 112 cm³/mol. The Morgan fingerprint density at radius 1 is 1.00 bits per heavy atom. The van der Waals surface area contributed by atoms with E-state index >= 15 is 8.78 Å². The third-order valence-electron chi connectivity index (χ3n) is 6.87. The van der Waals surface area contributed by atoms with E-state index in [4.69, 9.17) is 0 Å². The van der Waals surface area contributed by atoms with Gasteiger partial charge in [-0.05, 0) is 54.7 Å². The number of halogens is 5. The van der Waals surface area contributed by atoms with Crippen molar-refractivity contribution in [3.05, 3.63) is 71.7 Å². The fourth-order valence-corrected chi connectivity index (χ4v) is 5.17. The number of carbonyl (C=O) groups excluding carboxylic acids is 1. The molecule has 2 aromatic carbocycles. The molecule has 34 heavy (non-hydrogen) atoms. The van der Waals surface area contributed by atoms with Crippen LogP contribution in [0.15, 0.2) is 48.9 Å². The molecule has 0 amide bonds. The van der Waals surface area contributed by atoms with E-state index in [1.54, 1.807) is 18.2 Å². The standard InChI is InChI=1S/C24H17F5N4O/c25-14-7-13(16-5-6-33(32-16)24(27,28)29)8-15(26)21(14)22-19(11-1-2-11)23(34)20(22)12-3-4-17-18(9-12)31-10-30-17/h3-11,19-20,22H,1-2H2,(H,30,31)/t19-,20?,22+/m1/s1. The Hall–Kier alpha value is -3.56. The van der Waals surface area contributed by atoms with Crippen LogP contribution in [0.5, 0.6) is 0 Å². The monoisotopic (exact) mass is 472 g/mol. The van der Waals surface area contributed by atoms with Crippen LogP contribution >= 0.6 is 0 Å². The fourth-order valence-electron chi connectivity index (χ4n) is 5.17. The highest BCUT2D eigenvalue weighted by molar-refractivity contribution is 5.98. The minimum atomic E-state index is -4.73. The summed E-state index contributed by atoms with van der Waals surface area (Å²) in [5.41, 5.74) is 1.57. The number of aromatic amines is 1. The normalized spacial score (nSPS) is 22.9. The molecule has 3 atom stereocenters. The van der Waals surface area contributed by atoms with Gasteiger partial charge in [-0.25, -0.2) is 13.8 Å². The molecule has 2 saturated carbocycles. The SMILES string of the molecule is O=C1C(c2ccc3nc[nH]c3c2)[C@@H](c2c(F)cc(-c3ccn(C(F)(F)F)n3)cc2F)[C@H]1C1CC1. The average molecular weight is 472 g/mol. The van der Waals surface area contributed by atoms with Gasteiger partial charge in [-0.3, -0.25) is 4.79 Å². The van der Waals surface area contributed by atoms with Crippen molar-refractivity contribution in [2.24, 2.45) is 11.8 Å². The van der Waals surface area contributed by atoms with E-state index in [0.717, 1.165) is 36.6 Å². The number of Topliss-reactive ketones (excluding diaryl/α,β-unsaturated/α-hetero) is 1. The summed E-state index contributed by atoms with van der Waals surface area (Å²) < 4.78 is 69.1. The smallest absolute Gasteiger partial charge is 0.345 e. The van der Waals surface area contributed by atoms with Crippen molar-refractivity contribution in [3.63, 3.8) is 0 Å². The minimum absolute atomic E-state index is 0.0434. The molecule has 1 unspecified atom stereocenters. The van der Waals surface area contributed by atoms with E-state index in [1.807, 2.05) is 0 Å². The number of fused-ring (bicyclic) bond motifs is 1. The van der Waals surface area contributed by atoms with Gasteiger partial charge < -0.3 is 4.98 Å². The van der Waals surface area contributed by atoms with Gasteiger partial charge in [0.05, 0.1) is 29.0 Å². The van der Waals surface area contributed by atoms with Crippen LogP contribution < -0.4 is 0 Å². The van der Waals surface area contributed by atoms with Crippen molar-refractivity contribution >= 4 is 16.8 Å². The third kappa shape index (κ3) is 3.23. The summed E-state index contributed by atoms with van der Waals surface area (Å²) in [4.78, 5) is 20.3. The van der Waals surface area contributed by atoms with Crippen LogP contribution in [0.2, 0.25) is 0 Å². The lowest BCUT2D eigenvalue weighted by Gasteiger charge is -2.44. The number of rotatable bonds is 4. The van der Waals surface area contributed by atoms with Crippen LogP contribution in [0.25, 0.3) is 22.3 Å². The highest BCUT2D eigenvalue weighted by Gasteiger charge is 2.57. The average Bonchev–Trinajstić information content (AvgIpc) is 3.26. The minimum Gasteiger partial charge on any atom is -0.345 e. The van der Waals surface area contributed by atoms with Crippen LogP contribution in [-0.2, 0) is 11.1 Å². The van der Waals surface area contributed by atoms with Crippen LogP contribution in [0.4, 0.5) is 22.0 Å². The molecular weight excluding hydrogens is 455 g/mol. The number of aromatic nitrogens is 4. The second kappa shape index (κ2) is 7.22. The molecule has 174 valence electrons. The molecule has 1 N–H and O–H groups in total. The van der Waals surface area contributed by atoms with E-state index in [9.17, 15) is 18.0 Å². The molecule has 0 radical (unpaired) electrons. The molecule has 10 heteroatoms. The van der Waals surface area contributed by atoms with Crippen molar-refractivity contribution in [2.75, 3.05) is 0 Å². The molecule has 2 aliphatic rings. The molecule has 0 aliphatic heterocycles. The summed E-state index contributed by atoms with van der Waals surface area (Å²) in [6.07, 6.45) is -0.860. The van der Waals surface area contributed by atoms with Gasteiger partial charge >= 0.3 is 6.30 Å². The van der Waals surface area contributed by atoms with Crippen LogP contribution in [0.1, 0.15) is 35.8 Å². The largest absolute Gasteiger partial charge is 0.504 e. The Bertz CT molecular complexity index is 1410. The number of nitrogens with zero attached hydrogens (tertiary/aromatic N) is 3. The predicted octanol–water partition coefficient (Wildman–Crippen LogP) is 5.66. The molecule has 2 aromatic heterocycles. The summed E-state index contributed by atoms with van der Waals surface area (Å²) in [7, 11) is 0. The number of carbonyl (C=O) groups is 1. The molecule has 4 aromatic rings. The van der Waals surface area contributed by atoms with Gasteiger partial charge in [0.25, 0.3) is 0 Å². The first-order chi connectivity index (χ1) is 16.2. The second-order valence-corrected chi connectivity index (χ2v) is 8.92. The number of ketones is 1. The number of imidazole rings is 1. The highest BCUT2D eigenvalue weighted by Crippen LogP contribution is 2.59. The first-order valence-corrected chi connectivity index (χ1v) is 10.8. The van der Waals surface area contributed by atoms with Gasteiger partial charge in [0.1, 0.15) is 17.4 Å². The maximum Gasteiger partial charge on any atom is 0.504 e. The first-order valence-electron chi connectivity index (χ1n) is 10.8. The van der Waals surface area contributed by atoms with Crippen molar-refractivity contribution in [3.8, 4) is 11.3 Å². The second-order valence-electron chi connectivity index (χ2n) is 8.92. The Kier molecular flexibility index (Phi) is 4.46. The number of alkyl halides is 3. The quantitative estimate of drug-likeness (QED) is 0.390. The molecule has 2 heterocycles. The summed E-state index contributed by atoms with van der Waals surface area (Å²) >= 11 is 0. The van der Waals surface area contributed by atoms with Crippen LogP contribution in [-0.4, -0.2) is 25.5 Å². The van der Waals surface area contributed by atoms with Crippen molar-refractivity contribution in [1.29, 1.82) is 0 Å². The van der Waals surface area contributed by atoms with E-state index in [-0.39, 0.29) is 33.2 Å². The van der Waals surface area contributed by atoms with E-state index in [1.165, 1.54) is 6.33 Å². The lowest BCUT2D eigenvalue weighted by Crippen LogP contribution is -2.46. The zero-order valence-electron chi connectivity index (χ0n) is 17.5. The summed E-state index contributed by atoms with van der Waals surface area (Å²) in [6, 6.07) is 8.30. The van der Waals surface area contributed by atoms with Gasteiger partial charge in [0.15, 0.2) is 0 Å². The van der Waals surface area contributed by atoms with E-state index < -0.39 is 35.7 Å². The van der Waals surface area contributed by atoms with Gasteiger partial charge in [-0.15, -0.1) is 13.2 Å². The van der Waals surface area contributed by atoms with Gasteiger partial charge in [0.2, 0.25) is 0 Å². The van der Waals surface area contributed by atoms with Crippen molar-refractivity contribution < 1.29 is 26.7 Å². The van der Waals surface area contributed by atoms with Crippen molar-refractivity contribution in [1.82, 2.24) is 19.7 Å². The number of hydrogen-bond acceptors (Lipinski definition) is 3. The van der Waals surface area contributed by atoms with Crippen LogP contribution in [0.3, 0.4) is 0 Å². The molecule has 5 nitrogen and oxygen atoms in total. The Morgan fingerprint density at radius 2 is 1.74 bits per heavy atom. The fraction of sp³-hybridized carbons (Fsp3) is 0.292. The lowest BCUT2D eigenvalue weighted by molar-refractivity contribution is -0.212. The maximum absolute atomic E-state index is 15.4. The number of hydrogen-bond donors (Lipinski definition) is 1. The highest BCUT2D eigenvalue weighted by atomic mass is 19.4. The molecule has 0 bridgehead atoms. The Labute approximate surface area is 189 Å². The zero-order chi connectivity index (χ0) is 23.8. The zero-order valence-corrected chi connectivity index (χ0v) is 17.5. The molecule has 0 spiro atoms. The summed E-state index contributed by atoms with van der Waals surface area (Å²) in [6.45, 7) is 0. The van der Waals surface area contributed by atoms with E-state index in [2.05, 4.69) is 15.1 Å². The summed E-state index contributed by atoms with van der Waals surface area (Å²) in [5, 5.41) is 3.39. The summed E-state index contributed by atoms with van der Waals surface area (Å²) in [5.74, 6) is -3.63. The van der Waals surface area contributed by atoms with Gasteiger partial charge in [-0.2, -0.15) is 9.78 Å².